The first kappa shape index (κ1) is 11.2. The Morgan fingerprint density at radius 1 is 1.39 bits per heavy atom. The Kier molecular flexibility index (Phi) is 2.56. The number of hydrogen-bond acceptors (Lipinski definition) is 4. The highest BCUT2D eigenvalue weighted by molar-refractivity contribution is 6.30. The number of rotatable bonds is 1. The summed E-state index contributed by atoms with van der Waals surface area (Å²) in [6.45, 7) is 0.557. The van der Waals surface area contributed by atoms with Gasteiger partial charge in [-0.05, 0) is 17.7 Å². The summed E-state index contributed by atoms with van der Waals surface area (Å²) in [4.78, 5) is 28.8. The minimum absolute atomic E-state index is 0.188. The number of aliphatic imine (C=N–C) groups is 1. The first-order chi connectivity index (χ1) is 8.63. The molecule has 1 N–H and O–H groups in total. The van der Waals surface area contributed by atoms with E-state index >= 15 is 0 Å². The molecular formula is C12H10ClN3O2. The van der Waals surface area contributed by atoms with Gasteiger partial charge in [0.05, 0.1) is 18.4 Å². The lowest BCUT2D eigenvalue weighted by Crippen LogP contribution is -2.40. The lowest BCUT2D eigenvalue weighted by molar-refractivity contribution is -0.125. The SMILES string of the molecule is O=C1CC(N2C=Nc3cc(Cl)ccc3C2)C(=O)N1. The molecule has 0 saturated carbocycles. The lowest BCUT2D eigenvalue weighted by atomic mass is 10.1. The molecule has 6 heteroatoms. The Hall–Kier alpha value is -1.88. The molecule has 1 aromatic rings. The number of benzene rings is 1. The lowest BCUT2D eigenvalue weighted by Gasteiger charge is -2.27. The number of nitrogens with zero attached hydrogens (tertiary/aromatic N) is 2. The highest BCUT2D eigenvalue weighted by Gasteiger charge is 2.35. The van der Waals surface area contributed by atoms with Crippen molar-refractivity contribution in [2.45, 2.75) is 19.0 Å². The number of hydrogen-bond donors (Lipinski definition) is 1. The molecule has 1 atom stereocenters. The molecule has 5 nitrogen and oxygen atoms in total. The Morgan fingerprint density at radius 3 is 2.94 bits per heavy atom. The van der Waals surface area contributed by atoms with Gasteiger partial charge in [0.2, 0.25) is 11.8 Å². The van der Waals surface area contributed by atoms with Gasteiger partial charge in [-0.3, -0.25) is 14.9 Å². The van der Waals surface area contributed by atoms with Gasteiger partial charge in [0.25, 0.3) is 0 Å². The summed E-state index contributed by atoms with van der Waals surface area (Å²) in [6.07, 6.45) is 1.79. The van der Waals surface area contributed by atoms with Crippen LogP contribution >= 0.6 is 11.6 Å². The molecule has 2 amide bonds. The standard InChI is InChI=1S/C12H10ClN3O2/c13-8-2-1-7-5-16(6-14-9(7)3-8)10-4-11(17)15-12(10)18/h1-3,6,10H,4-5H2,(H,15,17,18). The van der Waals surface area contributed by atoms with Gasteiger partial charge in [0.1, 0.15) is 6.04 Å². The maximum absolute atomic E-state index is 11.6. The fourth-order valence-electron chi connectivity index (χ4n) is 2.16. The molecule has 1 saturated heterocycles. The minimum atomic E-state index is -0.454. The van der Waals surface area contributed by atoms with E-state index < -0.39 is 6.04 Å². The number of carbonyl (C=O) groups is 2. The van der Waals surface area contributed by atoms with Crippen molar-refractivity contribution < 1.29 is 9.59 Å². The molecule has 92 valence electrons. The molecule has 0 aliphatic carbocycles. The minimum Gasteiger partial charge on any atom is -0.346 e. The molecule has 1 fully saturated rings. The van der Waals surface area contributed by atoms with Crippen molar-refractivity contribution in [2.75, 3.05) is 0 Å². The van der Waals surface area contributed by atoms with Gasteiger partial charge in [0.15, 0.2) is 0 Å². The summed E-state index contributed by atoms with van der Waals surface area (Å²) in [6, 6.07) is 5.00. The number of nitrogens with one attached hydrogen (secondary N) is 1. The van der Waals surface area contributed by atoms with E-state index in [9.17, 15) is 9.59 Å². The van der Waals surface area contributed by atoms with Crippen molar-refractivity contribution in [2.24, 2.45) is 4.99 Å². The monoisotopic (exact) mass is 263 g/mol. The van der Waals surface area contributed by atoms with Gasteiger partial charge in [-0.2, -0.15) is 0 Å². The summed E-state index contributed by atoms with van der Waals surface area (Å²) in [5.41, 5.74) is 1.80. The van der Waals surface area contributed by atoms with E-state index in [0.29, 0.717) is 11.6 Å². The maximum atomic E-state index is 11.6. The Morgan fingerprint density at radius 2 is 2.22 bits per heavy atom. The van der Waals surface area contributed by atoms with Crippen LogP contribution in [0.5, 0.6) is 0 Å². The summed E-state index contributed by atoms with van der Waals surface area (Å²) < 4.78 is 0. The molecule has 2 heterocycles. The average Bonchev–Trinajstić information content (AvgIpc) is 2.68. The van der Waals surface area contributed by atoms with E-state index in [0.717, 1.165) is 11.3 Å². The van der Waals surface area contributed by atoms with E-state index in [-0.39, 0.29) is 18.2 Å². The number of carbonyl (C=O) groups excluding carboxylic acids is 2. The van der Waals surface area contributed by atoms with Crippen LogP contribution in [0.1, 0.15) is 12.0 Å². The van der Waals surface area contributed by atoms with Crippen LogP contribution in [-0.4, -0.2) is 29.1 Å². The molecule has 2 aliphatic heterocycles. The number of fused-ring (bicyclic) bond motifs is 1. The van der Waals surface area contributed by atoms with Crippen LogP contribution in [0.4, 0.5) is 5.69 Å². The van der Waals surface area contributed by atoms with Crippen LogP contribution < -0.4 is 5.32 Å². The topological polar surface area (TPSA) is 61.8 Å². The van der Waals surface area contributed by atoms with Crippen LogP contribution in [0.3, 0.4) is 0 Å². The molecule has 0 spiro atoms. The van der Waals surface area contributed by atoms with Gasteiger partial charge in [0, 0.05) is 11.6 Å². The van der Waals surface area contributed by atoms with Crippen molar-refractivity contribution in [3.63, 3.8) is 0 Å². The highest BCUT2D eigenvalue weighted by atomic mass is 35.5. The fourth-order valence-corrected chi connectivity index (χ4v) is 2.33. The third-order valence-electron chi connectivity index (χ3n) is 3.09. The molecule has 0 bridgehead atoms. The van der Waals surface area contributed by atoms with Crippen LogP contribution in [0, 0.1) is 0 Å². The number of amides is 2. The van der Waals surface area contributed by atoms with Crippen molar-refractivity contribution in [3.05, 3.63) is 28.8 Å². The fraction of sp³-hybridized carbons (Fsp3) is 0.250. The summed E-state index contributed by atoms with van der Waals surface area (Å²) >= 11 is 5.89. The number of halogens is 1. The number of imide groups is 1. The predicted molar refractivity (Wildman–Crippen MR) is 66.7 cm³/mol. The average molecular weight is 264 g/mol. The van der Waals surface area contributed by atoms with Crippen molar-refractivity contribution >= 4 is 35.4 Å². The van der Waals surface area contributed by atoms with Crippen LogP contribution in [0.15, 0.2) is 23.2 Å². The van der Waals surface area contributed by atoms with E-state index in [1.54, 1.807) is 23.4 Å². The van der Waals surface area contributed by atoms with E-state index in [1.807, 2.05) is 6.07 Å². The van der Waals surface area contributed by atoms with E-state index in [1.165, 1.54) is 0 Å². The zero-order chi connectivity index (χ0) is 12.7. The van der Waals surface area contributed by atoms with Gasteiger partial charge in [-0.25, -0.2) is 4.99 Å². The zero-order valence-corrected chi connectivity index (χ0v) is 10.1. The predicted octanol–water partition coefficient (Wildman–Crippen LogP) is 1.23. The van der Waals surface area contributed by atoms with Crippen LogP contribution in [0.25, 0.3) is 0 Å². The Bertz CT molecular complexity index is 570. The molecule has 0 radical (unpaired) electrons. The highest BCUT2D eigenvalue weighted by Crippen LogP contribution is 2.29. The van der Waals surface area contributed by atoms with Gasteiger partial charge >= 0.3 is 0 Å². The third-order valence-corrected chi connectivity index (χ3v) is 3.32. The normalized spacial score (nSPS) is 22.1. The third kappa shape index (κ3) is 1.86. The van der Waals surface area contributed by atoms with Gasteiger partial charge in [-0.1, -0.05) is 17.7 Å². The summed E-state index contributed by atoms with van der Waals surface area (Å²) in [7, 11) is 0. The second kappa shape index (κ2) is 4.10. The van der Waals surface area contributed by atoms with E-state index in [4.69, 9.17) is 11.6 Å². The first-order valence-electron chi connectivity index (χ1n) is 5.55. The molecule has 2 aliphatic rings. The molecular weight excluding hydrogens is 254 g/mol. The Balaban J connectivity index is 1.86. The first-order valence-corrected chi connectivity index (χ1v) is 5.93. The van der Waals surface area contributed by atoms with E-state index in [2.05, 4.69) is 10.3 Å². The van der Waals surface area contributed by atoms with Crippen molar-refractivity contribution in [1.29, 1.82) is 0 Å². The molecule has 18 heavy (non-hydrogen) atoms. The van der Waals surface area contributed by atoms with Gasteiger partial charge in [-0.15, -0.1) is 0 Å². The Labute approximate surface area is 108 Å². The zero-order valence-electron chi connectivity index (χ0n) is 9.39. The van der Waals surface area contributed by atoms with Crippen molar-refractivity contribution in [1.82, 2.24) is 10.2 Å². The largest absolute Gasteiger partial charge is 0.346 e. The summed E-state index contributed by atoms with van der Waals surface area (Å²) in [5.74, 6) is -0.496. The maximum Gasteiger partial charge on any atom is 0.249 e. The van der Waals surface area contributed by atoms with Crippen LogP contribution in [-0.2, 0) is 16.1 Å². The molecule has 3 rings (SSSR count). The quantitative estimate of drug-likeness (QED) is 0.775. The summed E-state index contributed by atoms with van der Waals surface area (Å²) in [5, 5.41) is 2.93. The molecule has 1 unspecified atom stereocenters. The molecule has 0 aromatic heterocycles. The second-order valence-electron chi connectivity index (χ2n) is 4.32. The molecule has 1 aromatic carbocycles. The van der Waals surface area contributed by atoms with Crippen LogP contribution in [0.2, 0.25) is 5.02 Å². The second-order valence-corrected chi connectivity index (χ2v) is 4.76. The smallest absolute Gasteiger partial charge is 0.249 e. The van der Waals surface area contributed by atoms with Gasteiger partial charge < -0.3 is 4.90 Å². The van der Waals surface area contributed by atoms with Crippen molar-refractivity contribution in [3.8, 4) is 0 Å².